The van der Waals surface area contributed by atoms with E-state index in [0.29, 0.717) is 12.3 Å². The van der Waals surface area contributed by atoms with E-state index in [2.05, 4.69) is 51.4 Å². The molecule has 1 heterocycles. The van der Waals surface area contributed by atoms with Gasteiger partial charge in [-0.15, -0.1) is 11.3 Å². The van der Waals surface area contributed by atoms with Gasteiger partial charge in [0.1, 0.15) is 0 Å². The molecule has 19 heavy (non-hydrogen) atoms. The summed E-state index contributed by atoms with van der Waals surface area (Å²) in [6, 6.07) is 4.26. The third-order valence-electron chi connectivity index (χ3n) is 3.31. The van der Waals surface area contributed by atoms with Gasteiger partial charge in [0.2, 0.25) is 5.91 Å². The summed E-state index contributed by atoms with van der Waals surface area (Å²) in [6.45, 7) is 10.8. The summed E-state index contributed by atoms with van der Waals surface area (Å²) in [5.74, 6) is 0.642. The quantitative estimate of drug-likeness (QED) is 0.799. The molecule has 1 N–H and O–H groups in total. The number of thiophene rings is 1. The van der Waals surface area contributed by atoms with Crippen LogP contribution in [0.25, 0.3) is 0 Å². The number of rotatable bonds is 6. The van der Waals surface area contributed by atoms with E-state index >= 15 is 0 Å². The topological polar surface area (TPSA) is 29.1 Å². The van der Waals surface area contributed by atoms with Crippen molar-refractivity contribution in [3.63, 3.8) is 0 Å². The Labute approximate surface area is 121 Å². The lowest BCUT2D eigenvalue weighted by Gasteiger charge is -2.31. The zero-order valence-electron chi connectivity index (χ0n) is 12.8. The SMILES string of the molecule is CCCC(C)CC(=O)NC(c1cccs1)C(C)(C)C. The molecule has 1 aromatic rings. The molecule has 2 nitrogen and oxygen atoms in total. The van der Waals surface area contributed by atoms with Gasteiger partial charge in [0.05, 0.1) is 6.04 Å². The third-order valence-corrected chi connectivity index (χ3v) is 4.25. The Balaban J connectivity index is 2.66. The molecule has 0 aromatic carbocycles. The standard InChI is InChI=1S/C16H27NOS/c1-6-8-12(2)11-14(18)17-15(16(3,4)5)13-9-7-10-19-13/h7,9-10,12,15H,6,8,11H2,1-5H3,(H,17,18). The minimum absolute atomic E-state index is 0.0362. The summed E-state index contributed by atoms with van der Waals surface area (Å²) in [5, 5.41) is 5.29. The minimum atomic E-state index is 0.0362. The summed E-state index contributed by atoms with van der Waals surface area (Å²) in [4.78, 5) is 13.4. The van der Waals surface area contributed by atoms with E-state index in [0.717, 1.165) is 12.8 Å². The summed E-state index contributed by atoms with van der Waals surface area (Å²) in [6.07, 6.45) is 2.89. The Hall–Kier alpha value is -0.830. The molecule has 108 valence electrons. The second-order valence-corrected chi connectivity index (χ2v) is 7.46. The summed E-state index contributed by atoms with van der Waals surface area (Å²) >= 11 is 1.71. The Morgan fingerprint density at radius 2 is 2.11 bits per heavy atom. The van der Waals surface area contributed by atoms with Gasteiger partial charge in [0, 0.05) is 11.3 Å². The van der Waals surface area contributed by atoms with E-state index in [1.807, 2.05) is 6.07 Å². The van der Waals surface area contributed by atoms with Crippen molar-refractivity contribution in [2.45, 2.75) is 59.9 Å². The molecule has 0 aliphatic rings. The van der Waals surface area contributed by atoms with Crippen molar-refractivity contribution in [1.82, 2.24) is 5.32 Å². The first-order valence-corrected chi connectivity index (χ1v) is 8.05. The lowest BCUT2D eigenvalue weighted by Crippen LogP contribution is -2.36. The van der Waals surface area contributed by atoms with Gasteiger partial charge in [-0.05, 0) is 22.8 Å². The lowest BCUT2D eigenvalue weighted by atomic mass is 9.85. The van der Waals surface area contributed by atoms with Crippen molar-refractivity contribution in [2.75, 3.05) is 0 Å². The fourth-order valence-electron chi connectivity index (χ4n) is 2.30. The average Bonchev–Trinajstić information content (AvgIpc) is 2.77. The van der Waals surface area contributed by atoms with E-state index in [1.165, 1.54) is 4.88 Å². The third kappa shape index (κ3) is 5.35. The largest absolute Gasteiger partial charge is 0.348 e. The number of nitrogens with one attached hydrogen (secondary N) is 1. The predicted octanol–water partition coefficient (Wildman–Crippen LogP) is 4.78. The van der Waals surface area contributed by atoms with Crippen LogP contribution in [0.15, 0.2) is 17.5 Å². The van der Waals surface area contributed by atoms with E-state index in [4.69, 9.17) is 0 Å². The van der Waals surface area contributed by atoms with Crippen LogP contribution in [0.5, 0.6) is 0 Å². The second kappa shape index (κ2) is 7.09. The van der Waals surface area contributed by atoms with E-state index in [-0.39, 0.29) is 17.4 Å². The highest BCUT2D eigenvalue weighted by Gasteiger charge is 2.28. The van der Waals surface area contributed by atoms with Crippen LogP contribution in [0.3, 0.4) is 0 Å². The maximum absolute atomic E-state index is 12.2. The number of carbonyl (C=O) groups excluding carboxylic acids is 1. The first-order valence-electron chi connectivity index (χ1n) is 7.17. The molecule has 0 radical (unpaired) electrons. The Kier molecular flexibility index (Phi) is 6.05. The average molecular weight is 281 g/mol. The van der Waals surface area contributed by atoms with Crippen molar-refractivity contribution in [1.29, 1.82) is 0 Å². The maximum Gasteiger partial charge on any atom is 0.220 e. The molecule has 2 unspecified atom stereocenters. The van der Waals surface area contributed by atoms with Gasteiger partial charge < -0.3 is 5.32 Å². The molecule has 2 atom stereocenters. The van der Waals surface area contributed by atoms with Crippen LogP contribution >= 0.6 is 11.3 Å². The zero-order valence-corrected chi connectivity index (χ0v) is 13.6. The monoisotopic (exact) mass is 281 g/mol. The first-order chi connectivity index (χ1) is 8.84. The first kappa shape index (κ1) is 16.2. The summed E-state index contributed by atoms with van der Waals surface area (Å²) in [5.41, 5.74) is 0.0362. The van der Waals surface area contributed by atoms with Crippen LogP contribution in [0.4, 0.5) is 0 Å². The van der Waals surface area contributed by atoms with Crippen molar-refractivity contribution in [3.05, 3.63) is 22.4 Å². The van der Waals surface area contributed by atoms with Crippen LogP contribution in [-0.4, -0.2) is 5.91 Å². The highest BCUT2D eigenvalue weighted by Crippen LogP contribution is 2.35. The number of carbonyl (C=O) groups is 1. The van der Waals surface area contributed by atoms with Crippen LogP contribution < -0.4 is 5.32 Å². The molecule has 0 aliphatic carbocycles. The van der Waals surface area contributed by atoms with Crippen LogP contribution in [0.1, 0.15) is 64.8 Å². The van der Waals surface area contributed by atoms with Gasteiger partial charge in [-0.25, -0.2) is 0 Å². The molecular formula is C16H27NOS. The highest BCUT2D eigenvalue weighted by molar-refractivity contribution is 7.10. The normalized spacial score (nSPS) is 15.0. The molecule has 3 heteroatoms. The maximum atomic E-state index is 12.2. The predicted molar refractivity (Wildman–Crippen MR) is 83.3 cm³/mol. The van der Waals surface area contributed by atoms with Crippen molar-refractivity contribution in [3.8, 4) is 0 Å². The van der Waals surface area contributed by atoms with Gasteiger partial charge in [-0.1, -0.05) is 53.5 Å². The lowest BCUT2D eigenvalue weighted by molar-refractivity contribution is -0.123. The number of amides is 1. The Morgan fingerprint density at radius 1 is 1.42 bits per heavy atom. The molecule has 1 rings (SSSR count). The molecule has 0 saturated carbocycles. The van der Waals surface area contributed by atoms with E-state index in [9.17, 15) is 4.79 Å². The van der Waals surface area contributed by atoms with Crippen molar-refractivity contribution < 1.29 is 4.79 Å². The molecule has 0 saturated heterocycles. The molecule has 0 bridgehead atoms. The number of hydrogen-bond donors (Lipinski definition) is 1. The molecule has 1 amide bonds. The van der Waals surface area contributed by atoms with E-state index in [1.54, 1.807) is 11.3 Å². The second-order valence-electron chi connectivity index (χ2n) is 6.48. The molecule has 0 aliphatic heterocycles. The van der Waals surface area contributed by atoms with Gasteiger partial charge in [-0.3, -0.25) is 4.79 Å². The van der Waals surface area contributed by atoms with Crippen LogP contribution in [0, 0.1) is 11.3 Å². The molecule has 1 aromatic heterocycles. The van der Waals surface area contributed by atoms with Gasteiger partial charge in [-0.2, -0.15) is 0 Å². The minimum Gasteiger partial charge on any atom is -0.348 e. The summed E-state index contributed by atoms with van der Waals surface area (Å²) in [7, 11) is 0. The fraction of sp³-hybridized carbons (Fsp3) is 0.688. The molecular weight excluding hydrogens is 254 g/mol. The van der Waals surface area contributed by atoms with E-state index < -0.39 is 0 Å². The van der Waals surface area contributed by atoms with Crippen LogP contribution in [0.2, 0.25) is 0 Å². The van der Waals surface area contributed by atoms with Crippen molar-refractivity contribution in [2.24, 2.45) is 11.3 Å². The van der Waals surface area contributed by atoms with Gasteiger partial charge in [0.25, 0.3) is 0 Å². The zero-order chi connectivity index (χ0) is 14.5. The van der Waals surface area contributed by atoms with Gasteiger partial charge >= 0.3 is 0 Å². The molecule has 0 fully saturated rings. The van der Waals surface area contributed by atoms with Crippen LogP contribution in [-0.2, 0) is 4.79 Å². The Morgan fingerprint density at radius 3 is 2.58 bits per heavy atom. The number of hydrogen-bond acceptors (Lipinski definition) is 2. The smallest absolute Gasteiger partial charge is 0.220 e. The Bertz CT molecular complexity index is 378. The van der Waals surface area contributed by atoms with Gasteiger partial charge in [0.15, 0.2) is 0 Å². The molecule has 0 spiro atoms. The highest BCUT2D eigenvalue weighted by atomic mass is 32.1. The summed E-state index contributed by atoms with van der Waals surface area (Å²) < 4.78 is 0. The fourth-order valence-corrected chi connectivity index (χ4v) is 3.32. The van der Waals surface area contributed by atoms with Crippen molar-refractivity contribution >= 4 is 17.2 Å².